The zero-order chi connectivity index (χ0) is 30.5. The fourth-order valence-electron chi connectivity index (χ4n) is 6.43. The number of fused-ring (bicyclic) bond motifs is 3. The average molecular weight is 621 g/mol. The molecule has 7 atom stereocenters. The number of hydrogen-bond donors (Lipinski definition) is 6. The van der Waals surface area contributed by atoms with Crippen molar-refractivity contribution >= 4 is 24.0 Å². The molecule has 0 spiro atoms. The highest BCUT2D eigenvalue weighted by atomic mass is 35.5. The fourth-order valence-corrected chi connectivity index (χ4v) is 6.43. The molecular weight excluding hydrogens is 580 g/mol. The third-order valence-electron chi connectivity index (χ3n) is 8.96. The van der Waals surface area contributed by atoms with Gasteiger partial charge in [0.15, 0.2) is 12.1 Å². The Morgan fingerprint density at radius 2 is 1.86 bits per heavy atom. The van der Waals surface area contributed by atoms with Crippen molar-refractivity contribution in [2.45, 2.75) is 95.2 Å². The Morgan fingerprint density at radius 1 is 1.16 bits per heavy atom. The molecule has 0 saturated carbocycles. The second kappa shape index (κ2) is 12.7. The highest BCUT2D eigenvalue weighted by Crippen LogP contribution is 2.53. The number of halogens is 1. The molecule has 12 heteroatoms. The highest BCUT2D eigenvalue weighted by molar-refractivity contribution is 6.31. The molecule has 0 amide bonds. The van der Waals surface area contributed by atoms with Gasteiger partial charge in [0.05, 0.1) is 47.7 Å². The van der Waals surface area contributed by atoms with Crippen LogP contribution in [0.25, 0.3) is 0 Å². The Balaban J connectivity index is 0.00000423. The van der Waals surface area contributed by atoms with Crippen LogP contribution < -0.4 is 15.8 Å². The first-order valence-electron chi connectivity index (χ1n) is 14.5. The van der Waals surface area contributed by atoms with Crippen LogP contribution in [0.2, 0.25) is 0 Å². The molecule has 5 unspecified atom stereocenters. The molecule has 3 aliphatic rings. The number of carbonyl (C=O) groups is 2. The van der Waals surface area contributed by atoms with Crippen molar-refractivity contribution < 1.29 is 44.2 Å². The molecule has 11 nitrogen and oxygen atoms in total. The van der Waals surface area contributed by atoms with Crippen molar-refractivity contribution in [3.8, 4) is 17.2 Å². The average Bonchev–Trinajstić information content (AvgIpc) is 2.95. The van der Waals surface area contributed by atoms with Crippen LogP contribution in [0, 0.1) is 0 Å². The van der Waals surface area contributed by atoms with Crippen molar-refractivity contribution in [3.63, 3.8) is 0 Å². The Bertz CT molecular complexity index is 1390. The van der Waals surface area contributed by atoms with Gasteiger partial charge in [0, 0.05) is 48.0 Å². The van der Waals surface area contributed by atoms with E-state index in [1.807, 2.05) is 6.92 Å². The molecule has 1 aliphatic heterocycles. The first-order valence-corrected chi connectivity index (χ1v) is 14.5. The van der Waals surface area contributed by atoms with Crippen LogP contribution in [-0.4, -0.2) is 81.8 Å². The monoisotopic (exact) mass is 620 g/mol. The number of nitrogens with one attached hydrogen (secondary N) is 1. The van der Waals surface area contributed by atoms with Gasteiger partial charge < -0.3 is 45.7 Å². The molecule has 2 aromatic carbocycles. The van der Waals surface area contributed by atoms with Crippen molar-refractivity contribution in [1.82, 2.24) is 5.32 Å². The second-order valence-corrected chi connectivity index (χ2v) is 11.7. The summed E-state index contributed by atoms with van der Waals surface area (Å²) in [5.74, 6) is -2.13. The van der Waals surface area contributed by atoms with E-state index in [1.165, 1.54) is 13.2 Å². The lowest BCUT2D eigenvalue weighted by atomic mass is 9.71. The molecule has 236 valence electrons. The second-order valence-electron chi connectivity index (χ2n) is 11.7. The van der Waals surface area contributed by atoms with Gasteiger partial charge in [0.2, 0.25) is 5.78 Å². The van der Waals surface area contributed by atoms with E-state index in [0.717, 1.165) is 12.8 Å². The highest BCUT2D eigenvalue weighted by Gasteiger charge is 2.49. The van der Waals surface area contributed by atoms with Crippen molar-refractivity contribution in [3.05, 3.63) is 51.6 Å². The fraction of sp³-hybridized carbons (Fsp3) is 0.548. The Hall–Kier alpha value is -2.77. The number of hydrogen-bond acceptors (Lipinski definition) is 11. The zero-order valence-corrected chi connectivity index (χ0v) is 25.6. The lowest BCUT2D eigenvalue weighted by Gasteiger charge is -2.45. The Morgan fingerprint density at radius 3 is 2.51 bits per heavy atom. The van der Waals surface area contributed by atoms with Crippen LogP contribution in [0.15, 0.2) is 18.2 Å². The van der Waals surface area contributed by atoms with Crippen molar-refractivity contribution in [2.75, 3.05) is 13.7 Å². The van der Waals surface area contributed by atoms with Crippen LogP contribution in [0.5, 0.6) is 17.2 Å². The van der Waals surface area contributed by atoms with Crippen molar-refractivity contribution in [2.24, 2.45) is 5.73 Å². The summed E-state index contributed by atoms with van der Waals surface area (Å²) < 4.78 is 17.5. The van der Waals surface area contributed by atoms with Gasteiger partial charge >= 0.3 is 0 Å². The van der Waals surface area contributed by atoms with E-state index in [2.05, 4.69) is 12.2 Å². The van der Waals surface area contributed by atoms with Gasteiger partial charge in [-0.2, -0.15) is 0 Å². The molecule has 1 heterocycles. The van der Waals surface area contributed by atoms with Crippen LogP contribution >= 0.6 is 12.4 Å². The maximum Gasteiger partial charge on any atom is 0.202 e. The van der Waals surface area contributed by atoms with E-state index in [-0.39, 0.29) is 70.8 Å². The number of methoxy groups -OCH3 is 1. The summed E-state index contributed by atoms with van der Waals surface area (Å²) in [7, 11) is 1.38. The van der Waals surface area contributed by atoms with E-state index < -0.39 is 65.4 Å². The van der Waals surface area contributed by atoms with Crippen LogP contribution in [0.3, 0.4) is 0 Å². The van der Waals surface area contributed by atoms with Gasteiger partial charge in [-0.15, -0.1) is 12.4 Å². The summed E-state index contributed by atoms with van der Waals surface area (Å²) in [6.07, 6.45) is -1.62. The maximum absolute atomic E-state index is 13.8. The molecule has 7 N–H and O–H groups in total. The number of unbranched alkanes of at least 4 members (excludes halogenated alkanes) is 1. The smallest absolute Gasteiger partial charge is 0.202 e. The van der Waals surface area contributed by atoms with Crippen molar-refractivity contribution in [1.29, 1.82) is 0 Å². The van der Waals surface area contributed by atoms with Gasteiger partial charge in [-0.25, -0.2) is 0 Å². The number of aromatic hydroxyl groups is 2. The van der Waals surface area contributed by atoms with E-state index in [0.29, 0.717) is 6.54 Å². The van der Waals surface area contributed by atoms with E-state index >= 15 is 0 Å². The molecule has 0 bridgehead atoms. The zero-order valence-electron chi connectivity index (χ0n) is 24.8. The number of benzene rings is 2. The van der Waals surface area contributed by atoms with Gasteiger partial charge in [-0.05, 0) is 32.9 Å². The van der Waals surface area contributed by atoms with E-state index in [4.69, 9.17) is 19.9 Å². The van der Waals surface area contributed by atoms with Gasteiger partial charge in [-0.1, -0.05) is 25.5 Å². The first kappa shape index (κ1) is 33.1. The summed E-state index contributed by atoms with van der Waals surface area (Å²) in [5.41, 5.74) is 4.27. The molecule has 1 saturated heterocycles. The topological polar surface area (TPSA) is 181 Å². The predicted octanol–water partition coefficient (Wildman–Crippen LogP) is 2.64. The molecule has 0 aromatic heterocycles. The van der Waals surface area contributed by atoms with Crippen LogP contribution in [0.1, 0.15) is 95.5 Å². The lowest BCUT2D eigenvalue weighted by Crippen LogP contribution is -2.55. The summed E-state index contributed by atoms with van der Waals surface area (Å²) in [6, 6.07) is 3.49. The summed E-state index contributed by atoms with van der Waals surface area (Å²) in [6.45, 7) is 6.21. The van der Waals surface area contributed by atoms with Gasteiger partial charge in [0.1, 0.15) is 17.2 Å². The van der Waals surface area contributed by atoms with Gasteiger partial charge in [0.25, 0.3) is 0 Å². The SMILES string of the molecule is CCCCNC(C)[C@]1(O)Cc2c(O)c3c(c(O)c2[C@@H](OC2CC(N)C(O)C(C)O2)C1)C(=O)c1c(OC)cccc1C3=O.Cl. The van der Waals surface area contributed by atoms with Crippen LogP contribution in [0.4, 0.5) is 0 Å². The lowest BCUT2D eigenvalue weighted by molar-refractivity contribution is -0.248. The number of aliphatic hydroxyl groups is 2. The Labute approximate surface area is 256 Å². The standard InChI is InChI=1S/C31H40N2O9.ClH/c1-5-6-10-33-15(3)31(39)12-17-23(20(13-31)42-21-11-18(32)26(34)14(2)41-21)30(38)25-24(28(17)36)27(35)16-8-7-9-19(40-4)22(16)29(25)37;/h7-9,14-15,18,20-21,26,33-34,36,38-39H,5-6,10-13,32H2,1-4H3;1H/t14?,15?,18?,20-,21?,26?,31-;/m0./s1. The molecule has 1 fully saturated rings. The summed E-state index contributed by atoms with van der Waals surface area (Å²) in [4.78, 5) is 27.5. The van der Waals surface area contributed by atoms with Gasteiger partial charge in [-0.3, -0.25) is 9.59 Å². The molecule has 43 heavy (non-hydrogen) atoms. The quantitative estimate of drug-likeness (QED) is 0.161. The Kier molecular flexibility index (Phi) is 9.77. The largest absolute Gasteiger partial charge is 0.507 e. The first-order chi connectivity index (χ1) is 19.9. The summed E-state index contributed by atoms with van der Waals surface area (Å²) in [5, 5.41) is 48.9. The predicted molar refractivity (Wildman–Crippen MR) is 159 cm³/mol. The molecule has 2 aliphatic carbocycles. The number of ketones is 2. The minimum Gasteiger partial charge on any atom is -0.507 e. The van der Waals surface area contributed by atoms with E-state index in [9.17, 15) is 30.0 Å². The molecule has 2 aromatic rings. The third-order valence-corrected chi connectivity index (χ3v) is 8.96. The third kappa shape index (κ3) is 5.64. The minimum absolute atomic E-state index is 0. The number of nitrogens with two attached hydrogens (primary N) is 1. The minimum atomic E-state index is -1.46. The molecular formula is C31H41ClN2O9. The van der Waals surface area contributed by atoms with Crippen LogP contribution in [-0.2, 0) is 15.9 Å². The molecule has 0 radical (unpaired) electrons. The van der Waals surface area contributed by atoms with E-state index in [1.54, 1.807) is 19.1 Å². The number of aliphatic hydroxyl groups excluding tert-OH is 1. The number of carbonyl (C=O) groups excluding carboxylic acids is 2. The number of phenols is 2. The number of rotatable bonds is 8. The molecule has 5 rings (SSSR count). The maximum atomic E-state index is 13.8. The number of ether oxygens (including phenoxy) is 3. The number of phenolic OH excluding ortho intramolecular Hbond substituents is 2. The normalized spacial score (nSPS) is 28.8. The summed E-state index contributed by atoms with van der Waals surface area (Å²) >= 11 is 0.